The van der Waals surface area contributed by atoms with Gasteiger partial charge in [0.15, 0.2) is 12.6 Å². The summed E-state index contributed by atoms with van der Waals surface area (Å²) in [5.74, 6) is -0.476. The van der Waals surface area contributed by atoms with Crippen LogP contribution in [0.25, 0.3) is 0 Å². The standard InChI is InChI=1S/C15H34N4O8P2/c1-6-16-8-7-14(20)17-9-10-18-15(21)11-19(12-28(22,24-2)25-3)13-29(23,26-4)27-5/h16,22-23H,6-13H2,1-5H3/p+2. The molecule has 0 bridgehead atoms. The molecule has 0 aliphatic heterocycles. The van der Waals surface area contributed by atoms with Gasteiger partial charge < -0.3 is 16.0 Å². The Morgan fingerprint density at radius 2 is 1.28 bits per heavy atom. The van der Waals surface area contributed by atoms with Crippen molar-refractivity contribution in [2.75, 3.05) is 73.7 Å². The molecule has 14 heteroatoms. The van der Waals surface area contributed by atoms with Crippen LogP contribution in [0.5, 0.6) is 0 Å². The van der Waals surface area contributed by atoms with E-state index in [-0.39, 0.29) is 44.0 Å². The van der Waals surface area contributed by atoms with Crippen LogP contribution >= 0.6 is 15.9 Å². The molecule has 5 N–H and O–H groups in total. The molecule has 2 amide bonds. The molecule has 0 saturated heterocycles. The summed E-state index contributed by atoms with van der Waals surface area (Å²) >= 11 is 0. The normalized spacial score (nSPS) is 12.3. The highest BCUT2D eigenvalue weighted by molar-refractivity contribution is 7.61. The van der Waals surface area contributed by atoms with Gasteiger partial charge in [0.05, 0.1) is 35.0 Å². The predicted octanol–water partition coefficient (Wildman–Crippen LogP) is -0.469. The number of hydrogen-bond donors (Lipinski definition) is 5. The van der Waals surface area contributed by atoms with Gasteiger partial charge in [-0.05, 0) is 6.54 Å². The maximum atomic E-state index is 12.3. The van der Waals surface area contributed by atoms with Crippen molar-refractivity contribution in [2.24, 2.45) is 0 Å². The number of carbonyl (C=O) groups excluding carboxylic acids is 2. The molecule has 0 radical (unpaired) electrons. The molecule has 0 heterocycles. The van der Waals surface area contributed by atoms with Gasteiger partial charge in [-0.3, -0.25) is 9.59 Å². The smallest absolute Gasteiger partial charge is 0.354 e. The third-order valence-corrected chi connectivity index (χ3v) is 7.61. The van der Waals surface area contributed by atoms with Gasteiger partial charge in [0.1, 0.15) is 0 Å². The lowest BCUT2D eigenvalue weighted by Gasteiger charge is -2.25. The Morgan fingerprint density at radius 1 is 0.828 bits per heavy atom. The van der Waals surface area contributed by atoms with Crippen LogP contribution in [0.4, 0.5) is 0 Å². The summed E-state index contributed by atoms with van der Waals surface area (Å²) in [4.78, 5) is 45.9. The minimum absolute atomic E-state index is 0.105. The van der Waals surface area contributed by atoms with Crippen LogP contribution in [0.1, 0.15) is 13.3 Å². The number of carbonyl (C=O) groups is 2. The van der Waals surface area contributed by atoms with Crippen molar-refractivity contribution >= 4 is 27.7 Å². The second-order valence-electron chi connectivity index (χ2n) is 5.92. The summed E-state index contributed by atoms with van der Waals surface area (Å²) in [5.41, 5.74) is 0. The van der Waals surface area contributed by atoms with Crippen LogP contribution in [0.15, 0.2) is 0 Å². The maximum absolute atomic E-state index is 12.3. The highest BCUT2D eigenvalue weighted by atomic mass is 31.2. The van der Waals surface area contributed by atoms with Crippen molar-refractivity contribution in [2.45, 2.75) is 13.3 Å². The molecule has 0 fully saturated rings. The summed E-state index contributed by atoms with van der Waals surface area (Å²) in [6, 6.07) is 0. The molecule has 0 spiro atoms. The summed E-state index contributed by atoms with van der Waals surface area (Å²) in [7, 11) is -1.29. The zero-order valence-corrected chi connectivity index (χ0v) is 19.6. The van der Waals surface area contributed by atoms with E-state index in [1.807, 2.05) is 6.92 Å². The second kappa shape index (κ2) is 15.3. The van der Waals surface area contributed by atoms with Gasteiger partial charge in [-0.25, -0.2) is 4.90 Å². The SMILES string of the molecule is CCNCCC(=O)NCCNC(=O)CN(C[P+](O)(OC)OC)C[P+](O)(OC)OC. The quantitative estimate of drug-likeness (QED) is 0.142. The number of rotatable bonds is 17. The van der Waals surface area contributed by atoms with Gasteiger partial charge >= 0.3 is 15.9 Å². The van der Waals surface area contributed by atoms with Crippen molar-refractivity contribution in [1.29, 1.82) is 0 Å². The third-order valence-electron chi connectivity index (χ3n) is 3.81. The molecule has 0 rings (SSSR count). The fourth-order valence-corrected chi connectivity index (χ4v) is 4.49. The highest BCUT2D eigenvalue weighted by Crippen LogP contribution is 2.59. The van der Waals surface area contributed by atoms with E-state index in [4.69, 9.17) is 18.1 Å². The molecule has 12 nitrogen and oxygen atoms in total. The fraction of sp³-hybridized carbons (Fsp3) is 0.867. The number of nitrogens with one attached hydrogen (secondary N) is 3. The van der Waals surface area contributed by atoms with Crippen LogP contribution in [0, 0.1) is 0 Å². The Bertz CT molecular complexity index is 461. The molecule has 0 atom stereocenters. The summed E-state index contributed by atoms with van der Waals surface area (Å²) in [6.07, 6.45) is 0.0927. The number of hydrogen-bond acceptors (Lipinski definition) is 10. The minimum Gasteiger partial charge on any atom is -0.354 e. The average molecular weight is 462 g/mol. The van der Waals surface area contributed by atoms with Gasteiger partial charge in [0.25, 0.3) is 0 Å². The lowest BCUT2D eigenvalue weighted by molar-refractivity contribution is -0.123. The largest absolute Gasteiger partial charge is 0.423 e. The molecule has 0 aliphatic carbocycles. The van der Waals surface area contributed by atoms with Crippen LogP contribution in [0.3, 0.4) is 0 Å². The van der Waals surface area contributed by atoms with Gasteiger partial charge in [-0.15, -0.1) is 0 Å². The fourth-order valence-electron chi connectivity index (χ4n) is 2.16. The Morgan fingerprint density at radius 3 is 1.69 bits per heavy atom. The Labute approximate surface area is 173 Å². The molecule has 0 aromatic carbocycles. The Balaban J connectivity index is 4.61. The first-order valence-electron chi connectivity index (χ1n) is 9.08. The minimum atomic E-state index is -3.23. The van der Waals surface area contributed by atoms with E-state index in [2.05, 4.69) is 16.0 Å². The van der Waals surface area contributed by atoms with Crippen molar-refractivity contribution in [3.8, 4) is 0 Å². The summed E-state index contributed by atoms with van der Waals surface area (Å²) < 4.78 is 20.1. The molecular formula is C15H36N4O8P2+2. The summed E-state index contributed by atoms with van der Waals surface area (Å²) in [6.45, 7) is 3.71. The van der Waals surface area contributed by atoms with E-state index in [1.165, 1.54) is 33.3 Å². The molecule has 0 aromatic heterocycles. The van der Waals surface area contributed by atoms with E-state index in [0.717, 1.165) is 6.54 Å². The van der Waals surface area contributed by atoms with Crippen LogP contribution in [-0.4, -0.2) is 100 Å². The van der Waals surface area contributed by atoms with Crippen LogP contribution in [0.2, 0.25) is 0 Å². The molecule has 29 heavy (non-hydrogen) atoms. The van der Waals surface area contributed by atoms with Gasteiger partial charge in [0, 0.05) is 26.1 Å². The first kappa shape index (κ1) is 28.5. The first-order valence-corrected chi connectivity index (χ1v) is 12.6. The lowest BCUT2D eigenvalue weighted by Crippen LogP contribution is -2.42. The predicted molar refractivity (Wildman–Crippen MR) is 112 cm³/mol. The monoisotopic (exact) mass is 462 g/mol. The molecule has 172 valence electrons. The molecule has 0 aliphatic rings. The van der Waals surface area contributed by atoms with Crippen molar-refractivity contribution in [1.82, 2.24) is 20.9 Å². The lowest BCUT2D eigenvalue weighted by atomic mass is 10.4. The molecular weight excluding hydrogens is 426 g/mol. The van der Waals surface area contributed by atoms with Crippen molar-refractivity contribution in [3.05, 3.63) is 0 Å². The average Bonchev–Trinajstić information content (AvgIpc) is 2.71. The highest BCUT2D eigenvalue weighted by Gasteiger charge is 2.47. The van der Waals surface area contributed by atoms with E-state index < -0.39 is 15.9 Å². The molecule has 0 saturated carbocycles. The van der Waals surface area contributed by atoms with E-state index in [9.17, 15) is 19.4 Å². The van der Waals surface area contributed by atoms with E-state index in [1.54, 1.807) is 0 Å². The van der Waals surface area contributed by atoms with Gasteiger partial charge in [-0.2, -0.15) is 27.9 Å². The van der Waals surface area contributed by atoms with Crippen molar-refractivity contribution in [3.63, 3.8) is 0 Å². The van der Waals surface area contributed by atoms with Crippen LogP contribution < -0.4 is 16.0 Å². The maximum Gasteiger partial charge on any atom is 0.423 e. The van der Waals surface area contributed by atoms with Crippen LogP contribution in [-0.2, 0) is 27.7 Å². The zero-order valence-electron chi connectivity index (χ0n) is 17.8. The third kappa shape index (κ3) is 12.7. The molecule has 0 aromatic rings. The zero-order chi connectivity index (χ0) is 22.3. The van der Waals surface area contributed by atoms with E-state index in [0.29, 0.717) is 13.0 Å². The van der Waals surface area contributed by atoms with E-state index >= 15 is 0 Å². The first-order chi connectivity index (χ1) is 13.7. The number of nitrogens with zero attached hydrogens (tertiary/aromatic N) is 1. The Hall–Kier alpha value is -0.520. The second-order valence-corrected chi connectivity index (χ2v) is 10.5. The van der Waals surface area contributed by atoms with Crippen molar-refractivity contribution < 1.29 is 37.5 Å². The summed E-state index contributed by atoms with van der Waals surface area (Å²) in [5, 5.41) is 8.43. The van der Waals surface area contributed by atoms with Gasteiger partial charge in [0.2, 0.25) is 11.8 Å². The number of amides is 2. The Kier molecular flexibility index (Phi) is 15.0. The topological polar surface area (TPSA) is 151 Å². The molecule has 0 unspecified atom stereocenters. The van der Waals surface area contributed by atoms with Gasteiger partial charge in [-0.1, -0.05) is 6.92 Å².